The molecule has 1 aromatic heterocycles. The lowest BCUT2D eigenvalue weighted by Crippen LogP contribution is -2.26. The fraction of sp³-hybridized carbons (Fsp3) is 0.182. The van der Waals surface area contributed by atoms with E-state index in [1.165, 1.54) is 11.1 Å². The molecule has 0 radical (unpaired) electrons. The molecule has 1 saturated carbocycles. The van der Waals surface area contributed by atoms with E-state index in [0.29, 0.717) is 0 Å². The molecule has 1 heterocycles. The average Bonchev–Trinajstić information content (AvgIpc) is 3.23. The van der Waals surface area contributed by atoms with Crippen molar-refractivity contribution < 1.29 is 4.79 Å². The second kappa shape index (κ2) is 6.89. The van der Waals surface area contributed by atoms with Crippen molar-refractivity contribution in [2.24, 2.45) is 11.0 Å². The Bertz CT molecular complexity index is 878. The van der Waals surface area contributed by atoms with Crippen LogP contribution in [0.1, 0.15) is 29.3 Å². The summed E-state index contributed by atoms with van der Waals surface area (Å²) in [6.45, 7) is 1.92. The third-order valence-electron chi connectivity index (χ3n) is 5.07. The minimum Gasteiger partial charge on any atom is -0.273 e. The van der Waals surface area contributed by atoms with Crippen molar-refractivity contribution in [3.8, 4) is 0 Å². The summed E-state index contributed by atoms with van der Waals surface area (Å²) in [7, 11) is 0. The monoisotopic (exact) mass is 360 g/mol. The standard InChI is InChI=1S/C22H20N2OS/c1-16(20-13-8-14-26-20)23-24-21(25)19-15-22(19,17-9-4-2-5-10-17)18-11-6-3-7-12-18/h2-14,19H,15H2,1H3,(H,24,25)/b23-16+/t19-/m0/s1. The number of carbonyl (C=O) groups is 1. The second-order valence-corrected chi connectivity index (χ2v) is 7.56. The molecule has 4 heteroatoms. The maximum absolute atomic E-state index is 12.8. The second-order valence-electron chi connectivity index (χ2n) is 6.61. The van der Waals surface area contributed by atoms with Gasteiger partial charge in [0, 0.05) is 10.3 Å². The summed E-state index contributed by atoms with van der Waals surface area (Å²) in [6.07, 6.45) is 0.806. The molecule has 0 bridgehead atoms. The first-order valence-corrected chi connectivity index (χ1v) is 9.59. The summed E-state index contributed by atoms with van der Waals surface area (Å²) >= 11 is 1.62. The van der Waals surface area contributed by atoms with Crippen molar-refractivity contribution in [1.29, 1.82) is 0 Å². The average molecular weight is 360 g/mol. The molecule has 1 aliphatic carbocycles. The molecular weight excluding hydrogens is 340 g/mol. The van der Waals surface area contributed by atoms with E-state index in [9.17, 15) is 4.79 Å². The summed E-state index contributed by atoms with van der Waals surface area (Å²) < 4.78 is 0. The van der Waals surface area contributed by atoms with Gasteiger partial charge in [0.1, 0.15) is 0 Å². The van der Waals surface area contributed by atoms with Crippen LogP contribution in [0, 0.1) is 5.92 Å². The molecule has 130 valence electrons. The van der Waals surface area contributed by atoms with Gasteiger partial charge in [-0.05, 0) is 35.9 Å². The topological polar surface area (TPSA) is 41.5 Å². The molecule has 0 saturated heterocycles. The molecule has 2 aromatic carbocycles. The lowest BCUT2D eigenvalue weighted by Gasteiger charge is -2.18. The summed E-state index contributed by atoms with van der Waals surface area (Å²) in [5.74, 6) is -0.124. The van der Waals surface area contributed by atoms with Crippen molar-refractivity contribution >= 4 is 23.0 Å². The van der Waals surface area contributed by atoms with E-state index in [4.69, 9.17) is 0 Å². The van der Waals surface area contributed by atoms with E-state index < -0.39 is 0 Å². The molecule has 3 aromatic rings. The van der Waals surface area contributed by atoms with Crippen LogP contribution in [-0.2, 0) is 10.2 Å². The zero-order valence-electron chi connectivity index (χ0n) is 14.6. The number of hydrogen-bond donors (Lipinski definition) is 1. The first kappa shape index (κ1) is 16.7. The largest absolute Gasteiger partial charge is 0.273 e. The Labute approximate surface area is 157 Å². The summed E-state index contributed by atoms with van der Waals surface area (Å²) in [6, 6.07) is 24.6. The van der Waals surface area contributed by atoms with Crippen LogP contribution in [0.15, 0.2) is 83.3 Å². The van der Waals surface area contributed by atoms with Gasteiger partial charge in [-0.2, -0.15) is 5.10 Å². The van der Waals surface area contributed by atoms with E-state index in [2.05, 4.69) is 34.8 Å². The highest BCUT2D eigenvalue weighted by molar-refractivity contribution is 7.12. The molecule has 1 fully saturated rings. The predicted molar refractivity (Wildman–Crippen MR) is 106 cm³/mol. The van der Waals surface area contributed by atoms with E-state index in [1.807, 2.05) is 60.8 Å². The molecule has 4 rings (SSSR count). The highest BCUT2D eigenvalue weighted by Crippen LogP contribution is 2.58. The van der Waals surface area contributed by atoms with Gasteiger partial charge in [-0.25, -0.2) is 5.43 Å². The Morgan fingerprint density at radius 3 is 2.15 bits per heavy atom. The van der Waals surface area contributed by atoms with E-state index in [-0.39, 0.29) is 17.2 Å². The highest BCUT2D eigenvalue weighted by atomic mass is 32.1. The van der Waals surface area contributed by atoms with Gasteiger partial charge in [0.05, 0.1) is 11.6 Å². The summed E-state index contributed by atoms with van der Waals surface area (Å²) in [4.78, 5) is 13.9. The molecule has 0 aliphatic heterocycles. The van der Waals surface area contributed by atoms with Gasteiger partial charge < -0.3 is 0 Å². The molecule has 3 nitrogen and oxygen atoms in total. The van der Waals surface area contributed by atoms with Crippen LogP contribution < -0.4 is 5.43 Å². The van der Waals surface area contributed by atoms with Crippen LogP contribution in [0.5, 0.6) is 0 Å². The van der Waals surface area contributed by atoms with Crippen LogP contribution in [-0.4, -0.2) is 11.6 Å². The zero-order valence-corrected chi connectivity index (χ0v) is 15.4. The predicted octanol–water partition coefficient (Wildman–Crippen LogP) is 4.59. The SMILES string of the molecule is C/C(=N\NC(=O)[C@@H]1CC1(c1ccccc1)c1ccccc1)c1cccs1. The summed E-state index contributed by atoms with van der Waals surface area (Å²) in [5, 5.41) is 6.32. The number of thiophene rings is 1. The van der Waals surface area contributed by atoms with Crippen LogP contribution in [0.25, 0.3) is 0 Å². The van der Waals surface area contributed by atoms with Crippen molar-refractivity contribution in [1.82, 2.24) is 5.43 Å². The van der Waals surface area contributed by atoms with Gasteiger partial charge >= 0.3 is 0 Å². The van der Waals surface area contributed by atoms with Gasteiger partial charge in [-0.1, -0.05) is 66.7 Å². The Balaban J connectivity index is 1.59. The molecule has 1 atom stereocenters. The normalized spacial score (nSPS) is 18.3. The van der Waals surface area contributed by atoms with Crippen LogP contribution in [0.4, 0.5) is 0 Å². The molecule has 1 aliphatic rings. The Kier molecular flexibility index (Phi) is 4.43. The molecular formula is C22H20N2OS. The Morgan fingerprint density at radius 1 is 1.00 bits per heavy atom. The van der Waals surface area contributed by atoms with Crippen molar-refractivity contribution in [2.75, 3.05) is 0 Å². The van der Waals surface area contributed by atoms with Crippen molar-refractivity contribution in [3.05, 3.63) is 94.2 Å². The van der Waals surface area contributed by atoms with E-state index >= 15 is 0 Å². The maximum Gasteiger partial charge on any atom is 0.244 e. The minimum atomic E-state index is -0.251. The Morgan fingerprint density at radius 2 is 1.62 bits per heavy atom. The molecule has 1 amide bonds. The van der Waals surface area contributed by atoms with Crippen LogP contribution in [0.2, 0.25) is 0 Å². The summed E-state index contributed by atoms with van der Waals surface area (Å²) in [5.41, 5.74) is 5.73. The van der Waals surface area contributed by atoms with E-state index in [0.717, 1.165) is 17.0 Å². The third-order valence-corrected chi connectivity index (χ3v) is 6.05. The smallest absolute Gasteiger partial charge is 0.244 e. The molecule has 0 spiro atoms. The molecule has 0 unspecified atom stereocenters. The number of hydrogen-bond acceptors (Lipinski definition) is 3. The van der Waals surface area contributed by atoms with Crippen LogP contribution in [0.3, 0.4) is 0 Å². The number of rotatable bonds is 5. The zero-order chi connectivity index (χ0) is 18.0. The number of hydrazone groups is 1. The van der Waals surface area contributed by atoms with Gasteiger partial charge in [0.2, 0.25) is 5.91 Å². The van der Waals surface area contributed by atoms with Gasteiger partial charge in [-0.3, -0.25) is 4.79 Å². The fourth-order valence-corrected chi connectivity index (χ4v) is 4.29. The Hall–Kier alpha value is -2.72. The first-order chi connectivity index (χ1) is 12.7. The number of nitrogens with one attached hydrogen (secondary N) is 1. The molecule has 26 heavy (non-hydrogen) atoms. The number of carbonyl (C=O) groups excluding carboxylic acids is 1. The fourth-order valence-electron chi connectivity index (χ4n) is 3.61. The highest BCUT2D eigenvalue weighted by Gasteiger charge is 2.60. The lowest BCUT2D eigenvalue weighted by molar-refractivity contribution is -0.122. The third kappa shape index (κ3) is 2.97. The van der Waals surface area contributed by atoms with Crippen LogP contribution >= 0.6 is 11.3 Å². The number of benzene rings is 2. The van der Waals surface area contributed by atoms with Crippen molar-refractivity contribution in [3.63, 3.8) is 0 Å². The molecule has 1 N–H and O–H groups in total. The minimum absolute atomic E-state index is 0.0198. The lowest BCUT2D eigenvalue weighted by atomic mass is 9.85. The van der Waals surface area contributed by atoms with Crippen molar-refractivity contribution in [2.45, 2.75) is 18.8 Å². The van der Waals surface area contributed by atoms with Gasteiger partial charge in [0.15, 0.2) is 0 Å². The first-order valence-electron chi connectivity index (χ1n) is 8.71. The quantitative estimate of drug-likeness (QED) is 0.524. The van der Waals surface area contributed by atoms with E-state index in [1.54, 1.807) is 11.3 Å². The number of nitrogens with zero attached hydrogens (tertiary/aromatic N) is 1. The van der Waals surface area contributed by atoms with Gasteiger partial charge in [0.25, 0.3) is 0 Å². The maximum atomic E-state index is 12.8. The number of amides is 1. The van der Waals surface area contributed by atoms with Gasteiger partial charge in [-0.15, -0.1) is 11.3 Å².